The summed E-state index contributed by atoms with van der Waals surface area (Å²) in [6.07, 6.45) is 3.31. The molecule has 7 nitrogen and oxygen atoms in total. The van der Waals surface area contributed by atoms with Gasteiger partial charge in [-0.15, -0.1) is 0 Å². The molecule has 138 valence electrons. The number of amides is 2. The Morgan fingerprint density at radius 1 is 1.11 bits per heavy atom. The molecular formula is C20H21N5O2. The predicted molar refractivity (Wildman–Crippen MR) is 103 cm³/mol. The summed E-state index contributed by atoms with van der Waals surface area (Å²) in [7, 11) is 0. The molecule has 7 heteroatoms. The first kappa shape index (κ1) is 18.3. The normalized spacial score (nSPS) is 10.4. The van der Waals surface area contributed by atoms with Crippen LogP contribution in [0.15, 0.2) is 54.9 Å². The van der Waals surface area contributed by atoms with Gasteiger partial charge in [0.1, 0.15) is 5.82 Å². The Balaban J connectivity index is 1.56. The first-order valence-corrected chi connectivity index (χ1v) is 8.65. The molecule has 0 aliphatic heterocycles. The van der Waals surface area contributed by atoms with E-state index in [1.807, 2.05) is 38.1 Å². The molecule has 27 heavy (non-hydrogen) atoms. The smallest absolute Gasteiger partial charge is 0.254 e. The van der Waals surface area contributed by atoms with Gasteiger partial charge < -0.3 is 10.6 Å². The van der Waals surface area contributed by atoms with Crippen molar-refractivity contribution in [3.63, 3.8) is 0 Å². The van der Waals surface area contributed by atoms with Gasteiger partial charge in [0.2, 0.25) is 5.91 Å². The third-order valence-electron chi connectivity index (χ3n) is 4.07. The fourth-order valence-corrected chi connectivity index (χ4v) is 2.68. The molecule has 0 aliphatic carbocycles. The molecule has 3 aromatic rings. The van der Waals surface area contributed by atoms with Crippen LogP contribution in [0.25, 0.3) is 5.69 Å². The summed E-state index contributed by atoms with van der Waals surface area (Å²) >= 11 is 0. The van der Waals surface area contributed by atoms with Crippen molar-refractivity contribution >= 4 is 17.6 Å². The highest BCUT2D eigenvalue weighted by Gasteiger charge is 2.15. The van der Waals surface area contributed by atoms with Gasteiger partial charge in [-0.25, -0.2) is 9.67 Å². The van der Waals surface area contributed by atoms with Gasteiger partial charge in [0.05, 0.1) is 23.1 Å². The summed E-state index contributed by atoms with van der Waals surface area (Å²) in [6.45, 7) is 4.08. The lowest BCUT2D eigenvalue weighted by Crippen LogP contribution is -2.28. The Morgan fingerprint density at radius 2 is 1.96 bits per heavy atom. The molecule has 0 atom stereocenters. The maximum atomic E-state index is 12.4. The second kappa shape index (κ2) is 8.27. The molecule has 2 aromatic heterocycles. The van der Waals surface area contributed by atoms with Crippen LogP contribution in [-0.4, -0.2) is 33.1 Å². The van der Waals surface area contributed by atoms with Gasteiger partial charge >= 0.3 is 0 Å². The number of carbonyl (C=O) groups is 2. The van der Waals surface area contributed by atoms with E-state index in [0.717, 1.165) is 16.9 Å². The molecule has 0 aliphatic rings. The summed E-state index contributed by atoms with van der Waals surface area (Å²) in [5.41, 5.74) is 3.26. The van der Waals surface area contributed by atoms with Gasteiger partial charge in [0.25, 0.3) is 5.91 Å². The molecule has 0 fully saturated rings. The zero-order valence-electron chi connectivity index (χ0n) is 15.3. The minimum atomic E-state index is -0.253. The molecule has 3 rings (SSSR count). The van der Waals surface area contributed by atoms with E-state index in [0.29, 0.717) is 11.4 Å². The van der Waals surface area contributed by atoms with Crippen molar-refractivity contribution in [2.75, 3.05) is 11.9 Å². The molecule has 0 bridgehead atoms. The average Bonchev–Trinajstić information content (AvgIpc) is 3.04. The van der Waals surface area contributed by atoms with E-state index in [-0.39, 0.29) is 24.8 Å². The Bertz CT molecular complexity index is 950. The van der Waals surface area contributed by atoms with E-state index in [4.69, 9.17) is 0 Å². The van der Waals surface area contributed by atoms with Crippen molar-refractivity contribution in [1.29, 1.82) is 0 Å². The monoisotopic (exact) mass is 363 g/mol. The maximum absolute atomic E-state index is 12.4. The fourth-order valence-electron chi connectivity index (χ4n) is 2.68. The lowest BCUT2D eigenvalue weighted by atomic mass is 10.2. The zero-order chi connectivity index (χ0) is 19.2. The predicted octanol–water partition coefficient (Wildman–Crippen LogP) is 2.64. The number of benzene rings is 1. The third kappa shape index (κ3) is 4.58. The quantitative estimate of drug-likeness (QED) is 0.705. The van der Waals surface area contributed by atoms with Crippen molar-refractivity contribution in [3.05, 3.63) is 71.7 Å². The van der Waals surface area contributed by atoms with Crippen LogP contribution in [0.4, 0.5) is 5.82 Å². The van der Waals surface area contributed by atoms with E-state index in [1.54, 1.807) is 35.3 Å². The van der Waals surface area contributed by atoms with Crippen molar-refractivity contribution in [2.24, 2.45) is 0 Å². The van der Waals surface area contributed by atoms with Crippen LogP contribution < -0.4 is 10.6 Å². The van der Waals surface area contributed by atoms with E-state index in [1.165, 1.54) is 0 Å². The second-order valence-electron chi connectivity index (χ2n) is 6.16. The SMILES string of the molecule is Cc1cccc(-n2ncc(C(=O)NCCC(=O)Nc3ccccn3)c2C)c1. The number of aromatic nitrogens is 3. The van der Waals surface area contributed by atoms with Gasteiger partial charge in [-0.1, -0.05) is 18.2 Å². The first-order valence-electron chi connectivity index (χ1n) is 8.65. The molecule has 2 heterocycles. The number of carbonyl (C=O) groups excluding carboxylic acids is 2. The number of nitrogens with one attached hydrogen (secondary N) is 2. The third-order valence-corrected chi connectivity index (χ3v) is 4.07. The molecule has 0 saturated carbocycles. The van der Waals surface area contributed by atoms with Gasteiger partial charge in [-0.05, 0) is 43.7 Å². The largest absolute Gasteiger partial charge is 0.351 e. The van der Waals surface area contributed by atoms with Crippen molar-refractivity contribution < 1.29 is 9.59 Å². The molecule has 0 saturated heterocycles. The molecule has 2 N–H and O–H groups in total. The van der Waals surface area contributed by atoms with Crippen molar-refractivity contribution in [3.8, 4) is 5.69 Å². The van der Waals surface area contributed by atoms with Gasteiger partial charge in [-0.2, -0.15) is 5.10 Å². The minimum Gasteiger partial charge on any atom is -0.351 e. The lowest BCUT2D eigenvalue weighted by Gasteiger charge is -2.07. The average molecular weight is 363 g/mol. The minimum absolute atomic E-state index is 0.160. The highest BCUT2D eigenvalue weighted by Crippen LogP contribution is 2.15. The highest BCUT2D eigenvalue weighted by atomic mass is 16.2. The Kier molecular flexibility index (Phi) is 5.61. The van der Waals surface area contributed by atoms with E-state index < -0.39 is 0 Å². The maximum Gasteiger partial charge on any atom is 0.254 e. The zero-order valence-corrected chi connectivity index (χ0v) is 15.3. The Hall–Kier alpha value is -3.48. The molecular weight excluding hydrogens is 342 g/mol. The fraction of sp³-hybridized carbons (Fsp3) is 0.200. The van der Waals surface area contributed by atoms with E-state index >= 15 is 0 Å². The standard InChI is InChI=1S/C20H21N5O2/c1-14-6-5-7-16(12-14)25-15(2)17(13-23-25)20(27)22-11-9-19(26)24-18-8-3-4-10-21-18/h3-8,10,12-13H,9,11H2,1-2H3,(H,22,27)(H,21,24,26). The number of aryl methyl sites for hydroxylation is 1. The van der Waals surface area contributed by atoms with Crippen LogP contribution in [-0.2, 0) is 4.79 Å². The molecule has 0 spiro atoms. The molecule has 0 radical (unpaired) electrons. The van der Waals surface area contributed by atoms with Crippen LogP contribution in [0, 0.1) is 13.8 Å². The molecule has 2 amide bonds. The van der Waals surface area contributed by atoms with Gasteiger partial charge in [0.15, 0.2) is 0 Å². The summed E-state index contributed by atoms with van der Waals surface area (Å²) in [6, 6.07) is 13.2. The van der Waals surface area contributed by atoms with Crippen LogP contribution in [0.5, 0.6) is 0 Å². The summed E-state index contributed by atoms with van der Waals surface area (Å²) in [5.74, 6) is 0.0299. The van der Waals surface area contributed by atoms with Crippen LogP contribution in [0.3, 0.4) is 0 Å². The van der Waals surface area contributed by atoms with Crippen LogP contribution in [0.2, 0.25) is 0 Å². The Labute approximate surface area is 157 Å². The Morgan fingerprint density at radius 3 is 2.70 bits per heavy atom. The number of rotatable bonds is 6. The number of hydrogen-bond acceptors (Lipinski definition) is 4. The second-order valence-corrected chi connectivity index (χ2v) is 6.16. The summed E-state index contributed by atoms with van der Waals surface area (Å²) in [5, 5.41) is 9.75. The molecule has 1 aromatic carbocycles. The number of pyridine rings is 1. The lowest BCUT2D eigenvalue weighted by molar-refractivity contribution is -0.116. The van der Waals surface area contributed by atoms with Crippen molar-refractivity contribution in [1.82, 2.24) is 20.1 Å². The number of anilines is 1. The molecule has 0 unspecified atom stereocenters. The first-order chi connectivity index (χ1) is 13.0. The topological polar surface area (TPSA) is 88.9 Å². The number of hydrogen-bond donors (Lipinski definition) is 2. The van der Waals surface area contributed by atoms with Gasteiger partial charge in [0, 0.05) is 19.2 Å². The van der Waals surface area contributed by atoms with E-state index in [2.05, 4.69) is 20.7 Å². The highest BCUT2D eigenvalue weighted by molar-refractivity contribution is 5.96. The van der Waals surface area contributed by atoms with E-state index in [9.17, 15) is 9.59 Å². The van der Waals surface area contributed by atoms with Gasteiger partial charge in [-0.3, -0.25) is 9.59 Å². The summed E-state index contributed by atoms with van der Waals surface area (Å²) in [4.78, 5) is 28.3. The number of nitrogens with zero attached hydrogens (tertiary/aromatic N) is 3. The van der Waals surface area contributed by atoms with Crippen LogP contribution in [0.1, 0.15) is 28.0 Å². The van der Waals surface area contributed by atoms with Crippen molar-refractivity contribution in [2.45, 2.75) is 20.3 Å². The van der Waals surface area contributed by atoms with Crippen LogP contribution >= 0.6 is 0 Å². The summed E-state index contributed by atoms with van der Waals surface area (Å²) < 4.78 is 1.73.